The Morgan fingerprint density at radius 2 is 1.62 bits per heavy atom. The fraction of sp³-hybridized carbons (Fsp3) is 0.167. The SMILES string of the molecule is Nc1ncccc1-c1nc2ccc(-c3ccccc3)nc2n1-c1ccc(CN2CC3(C2)CN(c2ccc(O)c(C=O)c2)C3)cc1. The molecule has 0 unspecified atom stereocenters. The normalized spacial score (nSPS) is 15.6. The van der Waals surface area contributed by atoms with E-state index in [2.05, 4.69) is 55.7 Å². The summed E-state index contributed by atoms with van der Waals surface area (Å²) in [6, 6.07) is 31.8. The van der Waals surface area contributed by atoms with E-state index in [0.29, 0.717) is 23.5 Å². The summed E-state index contributed by atoms with van der Waals surface area (Å²) in [7, 11) is 0. The highest BCUT2D eigenvalue weighted by atomic mass is 16.3. The molecule has 222 valence electrons. The number of hydrogen-bond acceptors (Lipinski definition) is 8. The van der Waals surface area contributed by atoms with Gasteiger partial charge in [0.15, 0.2) is 17.8 Å². The highest BCUT2D eigenvalue weighted by Gasteiger charge is 2.51. The molecule has 3 aromatic carbocycles. The topological polar surface area (TPSA) is 113 Å². The van der Waals surface area contributed by atoms with Gasteiger partial charge in [0.25, 0.3) is 0 Å². The van der Waals surface area contributed by atoms with E-state index in [9.17, 15) is 9.90 Å². The summed E-state index contributed by atoms with van der Waals surface area (Å²) < 4.78 is 2.07. The molecule has 2 fully saturated rings. The quantitative estimate of drug-likeness (QED) is 0.231. The number of aromatic nitrogens is 4. The first-order chi connectivity index (χ1) is 22.0. The minimum absolute atomic E-state index is 0.0247. The first kappa shape index (κ1) is 27.0. The van der Waals surface area contributed by atoms with Gasteiger partial charge in [-0.3, -0.25) is 14.3 Å². The van der Waals surface area contributed by atoms with Crippen LogP contribution in [0.1, 0.15) is 15.9 Å². The number of nitrogen functional groups attached to an aromatic ring is 1. The Kier molecular flexibility index (Phi) is 6.35. The lowest BCUT2D eigenvalue weighted by atomic mass is 9.72. The Balaban J connectivity index is 1.03. The molecule has 0 saturated carbocycles. The second-order valence-corrected chi connectivity index (χ2v) is 12.1. The van der Waals surface area contributed by atoms with Gasteiger partial charge in [-0.15, -0.1) is 0 Å². The van der Waals surface area contributed by atoms with Crippen LogP contribution in [0, 0.1) is 5.41 Å². The number of carbonyl (C=O) groups is 1. The van der Waals surface area contributed by atoms with Crippen molar-refractivity contribution >= 4 is 29.0 Å². The second kappa shape index (κ2) is 10.6. The lowest BCUT2D eigenvalue weighted by Gasteiger charge is -2.61. The third-order valence-corrected chi connectivity index (χ3v) is 8.93. The summed E-state index contributed by atoms with van der Waals surface area (Å²) in [6.07, 6.45) is 2.39. The Hall–Kier alpha value is -5.54. The van der Waals surface area contributed by atoms with Crippen molar-refractivity contribution in [3.05, 3.63) is 114 Å². The molecule has 45 heavy (non-hydrogen) atoms. The Labute approximate surface area is 260 Å². The van der Waals surface area contributed by atoms with Gasteiger partial charge in [0.1, 0.15) is 17.1 Å². The number of imidazole rings is 1. The van der Waals surface area contributed by atoms with E-state index in [-0.39, 0.29) is 11.2 Å². The van der Waals surface area contributed by atoms with Crippen LogP contribution in [0.2, 0.25) is 0 Å². The highest BCUT2D eigenvalue weighted by Crippen LogP contribution is 2.43. The van der Waals surface area contributed by atoms with Crippen molar-refractivity contribution in [2.75, 3.05) is 36.8 Å². The number of aromatic hydroxyl groups is 1. The summed E-state index contributed by atoms with van der Waals surface area (Å²) in [5, 5.41) is 9.82. The predicted molar refractivity (Wildman–Crippen MR) is 175 cm³/mol. The Morgan fingerprint density at radius 3 is 2.38 bits per heavy atom. The number of phenolic OH excluding ortho intramolecular Hbond substituents is 1. The van der Waals surface area contributed by atoms with Crippen LogP contribution in [-0.2, 0) is 6.54 Å². The third-order valence-electron chi connectivity index (χ3n) is 8.93. The van der Waals surface area contributed by atoms with Crippen LogP contribution in [0.5, 0.6) is 5.75 Å². The number of likely N-dealkylation sites (tertiary alicyclic amines) is 1. The lowest BCUT2D eigenvalue weighted by Crippen LogP contribution is -2.71. The molecule has 3 aromatic heterocycles. The molecule has 1 spiro atoms. The van der Waals surface area contributed by atoms with Gasteiger partial charge >= 0.3 is 0 Å². The van der Waals surface area contributed by atoms with Crippen LogP contribution in [-0.4, -0.2) is 62.0 Å². The summed E-state index contributed by atoms with van der Waals surface area (Å²) >= 11 is 0. The van der Waals surface area contributed by atoms with Crippen molar-refractivity contribution in [1.82, 2.24) is 24.4 Å². The van der Waals surface area contributed by atoms with E-state index in [0.717, 1.165) is 72.1 Å². The van der Waals surface area contributed by atoms with Gasteiger partial charge < -0.3 is 15.7 Å². The number of benzene rings is 3. The van der Waals surface area contributed by atoms with Gasteiger partial charge in [0, 0.05) is 61.3 Å². The molecule has 2 saturated heterocycles. The minimum atomic E-state index is 0.0247. The zero-order chi connectivity index (χ0) is 30.5. The van der Waals surface area contributed by atoms with Crippen molar-refractivity contribution in [3.8, 4) is 34.1 Å². The van der Waals surface area contributed by atoms with Crippen molar-refractivity contribution in [1.29, 1.82) is 0 Å². The Bertz CT molecular complexity index is 2040. The zero-order valence-corrected chi connectivity index (χ0v) is 24.5. The number of fused-ring (bicyclic) bond motifs is 1. The maximum absolute atomic E-state index is 11.2. The average molecular weight is 594 g/mol. The fourth-order valence-electron chi connectivity index (χ4n) is 6.76. The van der Waals surface area contributed by atoms with E-state index in [4.69, 9.17) is 15.7 Å². The maximum atomic E-state index is 11.2. The smallest absolute Gasteiger partial charge is 0.165 e. The van der Waals surface area contributed by atoms with E-state index in [1.165, 1.54) is 5.56 Å². The lowest BCUT2D eigenvalue weighted by molar-refractivity contribution is -0.0273. The summed E-state index contributed by atoms with van der Waals surface area (Å²) in [5.41, 5.74) is 14.3. The number of rotatable bonds is 7. The zero-order valence-electron chi connectivity index (χ0n) is 24.5. The molecule has 2 aliphatic rings. The number of nitrogens with zero attached hydrogens (tertiary/aromatic N) is 6. The highest BCUT2D eigenvalue weighted by molar-refractivity contribution is 5.84. The van der Waals surface area contributed by atoms with E-state index >= 15 is 0 Å². The van der Waals surface area contributed by atoms with Crippen LogP contribution in [0.3, 0.4) is 0 Å². The molecule has 0 aliphatic carbocycles. The number of pyridine rings is 2. The first-order valence-electron chi connectivity index (χ1n) is 15.0. The molecule has 5 heterocycles. The number of anilines is 2. The van der Waals surface area contributed by atoms with E-state index < -0.39 is 0 Å². The van der Waals surface area contributed by atoms with Crippen LogP contribution < -0.4 is 10.6 Å². The van der Waals surface area contributed by atoms with Gasteiger partial charge in [0.2, 0.25) is 0 Å². The molecule has 8 rings (SSSR count). The number of aldehydes is 1. The van der Waals surface area contributed by atoms with E-state index in [1.54, 1.807) is 18.3 Å². The third kappa shape index (κ3) is 4.78. The van der Waals surface area contributed by atoms with Crippen molar-refractivity contribution < 1.29 is 9.90 Å². The first-order valence-corrected chi connectivity index (χ1v) is 15.0. The summed E-state index contributed by atoms with van der Waals surface area (Å²) in [6.45, 7) is 4.86. The molecule has 0 atom stereocenters. The molecule has 6 aromatic rings. The van der Waals surface area contributed by atoms with Gasteiger partial charge in [-0.05, 0) is 60.2 Å². The van der Waals surface area contributed by atoms with Gasteiger partial charge in [-0.2, -0.15) is 0 Å². The fourth-order valence-corrected chi connectivity index (χ4v) is 6.76. The molecule has 2 aliphatic heterocycles. The predicted octanol–water partition coefficient (Wildman–Crippen LogP) is 5.57. The standard InChI is InChI=1S/C36H31N7O2/c37-33-29(7-4-16-38-33)34-40-31-14-13-30(25-5-2-1-3-6-25)39-35(31)43(34)27-10-8-24(9-11-27)18-41-20-36(21-41)22-42(23-36)28-12-15-32(45)26(17-28)19-44/h1-17,19,45H,18,20-23H2,(H2,37,38). The monoisotopic (exact) mass is 593 g/mol. The van der Waals surface area contributed by atoms with Crippen LogP contribution in [0.25, 0.3) is 39.5 Å². The van der Waals surface area contributed by atoms with E-state index in [1.807, 2.05) is 48.5 Å². The second-order valence-electron chi connectivity index (χ2n) is 12.1. The van der Waals surface area contributed by atoms with Crippen LogP contribution in [0.4, 0.5) is 11.5 Å². The minimum Gasteiger partial charge on any atom is -0.507 e. The van der Waals surface area contributed by atoms with Gasteiger partial charge in [-0.1, -0.05) is 42.5 Å². The molecule has 9 nitrogen and oxygen atoms in total. The van der Waals surface area contributed by atoms with Crippen molar-refractivity contribution in [3.63, 3.8) is 0 Å². The van der Waals surface area contributed by atoms with Crippen LogP contribution in [0.15, 0.2) is 103 Å². The molecule has 0 bridgehead atoms. The van der Waals surface area contributed by atoms with Crippen LogP contribution >= 0.6 is 0 Å². The van der Waals surface area contributed by atoms with Crippen molar-refractivity contribution in [2.24, 2.45) is 5.41 Å². The molecule has 0 amide bonds. The van der Waals surface area contributed by atoms with Gasteiger partial charge in [-0.25, -0.2) is 15.0 Å². The molecular formula is C36H31N7O2. The molecule has 0 radical (unpaired) electrons. The average Bonchev–Trinajstić information content (AvgIpc) is 3.41. The number of nitrogens with two attached hydrogens (primary N) is 1. The summed E-state index contributed by atoms with van der Waals surface area (Å²) in [4.78, 5) is 30.3. The molecular weight excluding hydrogens is 562 g/mol. The van der Waals surface area contributed by atoms with Gasteiger partial charge in [0.05, 0.1) is 16.8 Å². The summed E-state index contributed by atoms with van der Waals surface area (Å²) in [5.74, 6) is 1.15. The maximum Gasteiger partial charge on any atom is 0.165 e. The number of hydrogen-bond donors (Lipinski definition) is 2. The Morgan fingerprint density at radius 1 is 0.844 bits per heavy atom. The number of phenols is 1. The molecule has 9 heteroatoms. The number of carbonyl (C=O) groups excluding carboxylic acids is 1. The molecule has 3 N–H and O–H groups in total. The van der Waals surface area contributed by atoms with Crippen molar-refractivity contribution in [2.45, 2.75) is 6.54 Å². The largest absolute Gasteiger partial charge is 0.507 e.